The number of amides is 1. The minimum atomic E-state index is -1.12. The van der Waals surface area contributed by atoms with E-state index in [1.165, 1.54) is 50.1 Å². The second-order valence-electron chi connectivity index (χ2n) is 11.8. The number of nitrogens with zero attached hydrogens (tertiary/aromatic N) is 1. The number of aromatic nitrogens is 2. The van der Waals surface area contributed by atoms with Crippen LogP contribution >= 0.6 is 0 Å². The van der Waals surface area contributed by atoms with Crippen LogP contribution in [-0.2, 0) is 20.7 Å². The molecule has 1 aliphatic heterocycles. The van der Waals surface area contributed by atoms with E-state index < -0.39 is 42.4 Å². The number of carbonyl (C=O) groups excluding carboxylic acids is 1. The van der Waals surface area contributed by atoms with Crippen LogP contribution in [0.2, 0.25) is 0 Å². The molecular formula is C35H39N3O7. The Kier molecular flexibility index (Phi) is 9.56. The fraction of sp³-hybridized carbons (Fsp3) is 0.400. The summed E-state index contributed by atoms with van der Waals surface area (Å²) in [6.45, 7) is 0.511. The molecule has 0 unspecified atom stereocenters. The van der Waals surface area contributed by atoms with Crippen molar-refractivity contribution in [3.05, 3.63) is 93.3 Å². The minimum absolute atomic E-state index is 0.0632. The van der Waals surface area contributed by atoms with E-state index in [1.807, 2.05) is 0 Å². The van der Waals surface area contributed by atoms with Gasteiger partial charge >= 0.3 is 5.69 Å². The van der Waals surface area contributed by atoms with E-state index in [9.17, 15) is 24.6 Å². The molecule has 10 nitrogen and oxygen atoms in total. The molecular weight excluding hydrogens is 574 g/mol. The van der Waals surface area contributed by atoms with E-state index in [0.717, 1.165) is 36.7 Å². The number of aliphatic hydroxyl groups excluding tert-OH is 2. The van der Waals surface area contributed by atoms with E-state index in [0.29, 0.717) is 26.0 Å². The highest BCUT2D eigenvalue weighted by Crippen LogP contribution is 2.36. The molecule has 2 heterocycles. The van der Waals surface area contributed by atoms with Crippen molar-refractivity contribution in [2.75, 3.05) is 19.8 Å². The molecule has 1 fully saturated rings. The predicted octanol–water partition coefficient (Wildman–Crippen LogP) is 3.77. The van der Waals surface area contributed by atoms with Gasteiger partial charge in [0.25, 0.3) is 5.56 Å². The highest BCUT2D eigenvalue weighted by Gasteiger charge is 2.45. The van der Waals surface area contributed by atoms with Crippen molar-refractivity contribution < 1.29 is 24.5 Å². The van der Waals surface area contributed by atoms with Gasteiger partial charge in [0.2, 0.25) is 5.91 Å². The average Bonchev–Trinajstić information content (AvgIpc) is 3.36. The second kappa shape index (κ2) is 13.9. The molecule has 6 rings (SSSR count). The van der Waals surface area contributed by atoms with Gasteiger partial charge in [-0.3, -0.25) is 19.1 Å². The number of H-pyrrole nitrogens is 1. The second-order valence-corrected chi connectivity index (χ2v) is 11.8. The van der Waals surface area contributed by atoms with Crippen LogP contribution in [0.4, 0.5) is 0 Å². The number of nitrogens with one attached hydrogen (secondary N) is 2. The fourth-order valence-electron chi connectivity index (χ4n) is 6.47. The summed E-state index contributed by atoms with van der Waals surface area (Å²) in [5.74, 6) is 0.0632. The number of unbranched alkanes of at least 4 members (excludes halogenated alkanes) is 3. The molecule has 0 radical (unpaired) electrons. The van der Waals surface area contributed by atoms with Crippen molar-refractivity contribution in [2.45, 2.75) is 69.5 Å². The van der Waals surface area contributed by atoms with Crippen LogP contribution in [0.1, 0.15) is 50.3 Å². The first kappa shape index (κ1) is 30.9. The summed E-state index contributed by atoms with van der Waals surface area (Å²) in [5.41, 5.74) is 0.0555. The lowest BCUT2D eigenvalue weighted by Gasteiger charge is -2.22. The van der Waals surface area contributed by atoms with Gasteiger partial charge < -0.3 is 25.0 Å². The first-order chi connectivity index (χ1) is 21.9. The molecule has 0 bridgehead atoms. The van der Waals surface area contributed by atoms with Crippen molar-refractivity contribution in [3.8, 4) is 0 Å². The smallest absolute Gasteiger partial charge is 0.330 e. The van der Waals surface area contributed by atoms with E-state index in [2.05, 4.69) is 64.9 Å². The van der Waals surface area contributed by atoms with Crippen LogP contribution in [-0.4, -0.2) is 63.7 Å². The Balaban J connectivity index is 0.900. The van der Waals surface area contributed by atoms with Crippen molar-refractivity contribution >= 4 is 38.2 Å². The molecule has 4 aromatic carbocycles. The molecule has 4 atom stereocenters. The highest BCUT2D eigenvalue weighted by molar-refractivity contribution is 6.23. The standard InChI is InChI=1S/C35H39N3O7/c39-21-27-32(42)33(34(45-27)38-19-17-29(41)37-35(38)43)44-20-4-2-1-3-18-36-28(40)10-6-7-22-11-12-25-14-13-23-8-5-9-24-15-16-26(22)31(25)30(23)24/h5,8-9,11-17,19,27,32-34,39,42H,1-4,6-7,10,18,20-21H2,(H,36,40)(H,37,41,43)/t27-,32-,33-,34-/m1/s1. The average molecular weight is 614 g/mol. The Morgan fingerprint density at radius 3 is 2.42 bits per heavy atom. The van der Waals surface area contributed by atoms with Gasteiger partial charge in [0, 0.05) is 31.8 Å². The molecule has 0 spiro atoms. The highest BCUT2D eigenvalue weighted by atomic mass is 16.6. The summed E-state index contributed by atoms with van der Waals surface area (Å²) in [7, 11) is 0. The van der Waals surface area contributed by atoms with Gasteiger partial charge in [0.05, 0.1) is 6.61 Å². The van der Waals surface area contributed by atoms with Crippen molar-refractivity contribution in [3.63, 3.8) is 0 Å². The zero-order chi connectivity index (χ0) is 31.3. The fourth-order valence-corrected chi connectivity index (χ4v) is 6.47. The third-order valence-electron chi connectivity index (χ3n) is 8.79. The summed E-state index contributed by atoms with van der Waals surface area (Å²) in [5, 5.41) is 30.8. The van der Waals surface area contributed by atoms with E-state index in [-0.39, 0.29) is 5.91 Å². The number of aliphatic hydroxyl groups is 2. The molecule has 1 aromatic heterocycles. The predicted molar refractivity (Wildman–Crippen MR) is 173 cm³/mol. The van der Waals surface area contributed by atoms with Crippen LogP contribution < -0.4 is 16.6 Å². The Morgan fingerprint density at radius 1 is 0.911 bits per heavy atom. The van der Waals surface area contributed by atoms with Crippen molar-refractivity contribution in [1.29, 1.82) is 0 Å². The van der Waals surface area contributed by atoms with Gasteiger partial charge in [-0.1, -0.05) is 67.4 Å². The molecule has 5 aromatic rings. The zero-order valence-corrected chi connectivity index (χ0v) is 25.1. The normalized spacial score (nSPS) is 20.0. The molecule has 4 N–H and O–H groups in total. The summed E-state index contributed by atoms with van der Waals surface area (Å²) < 4.78 is 12.7. The lowest BCUT2D eigenvalue weighted by atomic mass is 9.90. The maximum Gasteiger partial charge on any atom is 0.330 e. The van der Waals surface area contributed by atoms with Gasteiger partial charge in [-0.05, 0) is 63.6 Å². The van der Waals surface area contributed by atoms with Gasteiger partial charge in [0.1, 0.15) is 18.3 Å². The number of aromatic amines is 1. The van der Waals surface area contributed by atoms with Crippen LogP contribution in [0.5, 0.6) is 0 Å². The molecule has 1 saturated heterocycles. The van der Waals surface area contributed by atoms with E-state index >= 15 is 0 Å². The van der Waals surface area contributed by atoms with Gasteiger partial charge in [-0.15, -0.1) is 0 Å². The Morgan fingerprint density at radius 2 is 1.64 bits per heavy atom. The lowest BCUT2D eigenvalue weighted by molar-refractivity contribution is -0.121. The molecule has 1 aliphatic rings. The zero-order valence-electron chi connectivity index (χ0n) is 25.1. The molecule has 236 valence electrons. The Bertz CT molecular complexity index is 1870. The summed E-state index contributed by atoms with van der Waals surface area (Å²) in [6, 6.07) is 20.8. The first-order valence-electron chi connectivity index (χ1n) is 15.7. The number of ether oxygens (including phenoxy) is 2. The van der Waals surface area contributed by atoms with Gasteiger partial charge in [0.15, 0.2) is 6.23 Å². The third kappa shape index (κ3) is 6.64. The summed E-state index contributed by atoms with van der Waals surface area (Å²) >= 11 is 0. The van der Waals surface area contributed by atoms with Crippen molar-refractivity contribution in [2.24, 2.45) is 0 Å². The molecule has 1 amide bonds. The first-order valence-corrected chi connectivity index (χ1v) is 15.7. The van der Waals surface area contributed by atoms with E-state index in [1.54, 1.807) is 0 Å². The molecule has 0 saturated carbocycles. The van der Waals surface area contributed by atoms with Crippen LogP contribution in [0.15, 0.2) is 76.4 Å². The van der Waals surface area contributed by atoms with Crippen LogP contribution in [0.3, 0.4) is 0 Å². The third-order valence-corrected chi connectivity index (χ3v) is 8.79. The quantitative estimate of drug-likeness (QED) is 0.110. The molecule has 10 heteroatoms. The van der Waals surface area contributed by atoms with Crippen LogP contribution in [0, 0.1) is 0 Å². The summed E-state index contributed by atoms with van der Waals surface area (Å²) in [4.78, 5) is 38.3. The Hall–Kier alpha value is -4.09. The minimum Gasteiger partial charge on any atom is -0.394 e. The van der Waals surface area contributed by atoms with Gasteiger partial charge in [-0.2, -0.15) is 0 Å². The number of benzene rings is 4. The topological polar surface area (TPSA) is 143 Å². The van der Waals surface area contributed by atoms with E-state index in [4.69, 9.17) is 9.47 Å². The number of carbonyl (C=O) groups is 1. The SMILES string of the molecule is O=C(CCCc1ccc2ccc3cccc4ccc1c2c34)NCCCCCCO[C@@H]1[C@H](O)[C@@H](CO)O[C@H]1n1ccc(=O)[nH]c1=O. The number of aryl methyl sites for hydroxylation is 1. The number of hydrogen-bond donors (Lipinski definition) is 4. The largest absolute Gasteiger partial charge is 0.394 e. The number of rotatable bonds is 14. The molecule has 0 aliphatic carbocycles. The summed E-state index contributed by atoms with van der Waals surface area (Å²) in [6.07, 6.45) is 2.87. The molecule has 45 heavy (non-hydrogen) atoms. The maximum absolute atomic E-state index is 12.5. The van der Waals surface area contributed by atoms with Crippen molar-refractivity contribution in [1.82, 2.24) is 14.9 Å². The number of hydrogen-bond acceptors (Lipinski definition) is 7. The van der Waals surface area contributed by atoms with Crippen LogP contribution in [0.25, 0.3) is 32.3 Å². The van der Waals surface area contributed by atoms with Gasteiger partial charge in [-0.25, -0.2) is 4.79 Å². The maximum atomic E-state index is 12.5. The monoisotopic (exact) mass is 613 g/mol. The Labute approximate surface area is 259 Å². The lowest BCUT2D eigenvalue weighted by Crippen LogP contribution is -2.39.